The monoisotopic (exact) mass is 491 g/mol. The largest absolute Gasteiger partial charge is 0.310 e. The average molecular weight is 492 g/mol. The lowest BCUT2D eigenvalue weighted by Gasteiger charge is -2.42. The summed E-state index contributed by atoms with van der Waals surface area (Å²) in [6.45, 7) is 4.54. The van der Waals surface area contributed by atoms with Gasteiger partial charge in [0, 0.05) is 22.2 Å². The molecule has 1 aliphatic heterocycles. The van der Waals surface area contributed by atoms with Crippen LogP contribution in [0.5, 0.6) is 0 Å². The Morgan fingerprint density at radius 1 is 0.605 bits per heavy atom. The van der Waals surface area contributed by atoms with E-state index in [9.17, 15) is 9.59 Å². The minimum Gasteiger partial charge on any atom is -0.310 e. The van der Waals surface area contributed by atoms with Crippen molar-refractivity contribution >= 4 is 45.5 Å². The number of carbonyl (C=O) groups is 2. The van der Waals surface area contributed by atoms with Crippen molar-refractivity contribution in [2.45, 2.75) is 19.3 Å². The number of benzene rings is 5. The molecule has 0 bridgehead atoms. The van der Waals surface area contributed by atoms with Crippen LogP contribution in [0.4, 0.5) is 17.1 Å². The molecule has 0 amide bonds. The third kappa shape index (κ3) is 3.22. The fourth-order valence-electron chi connectivity index (χ4n) is 5.97. The van der Waals surface area contributed by atoms with Crippen LogP contribution in [0, 0.1) is 0 Å². The van der Waals surface area contributed by atoms with Gasteiger partial charge in [0.05, 0.1) is 16.9 Å². The zero-order valence-corrected chi connectivity index (χ0v) is 21.2. The third-order valence-corrected chi connectivity index (χ3v) is 7.96. The van der Waals surface area contributed by atoms with E-state index in [1.54, 1.807) is 6.08 Å². The van der Waals surface area contributed by atoms with E-state index in [0.29, 0.717) is 11.1 Å². The molecule has 0 spiro atoms. The van der Waals surface area contributed by atoms with Crippen molar-refractivity contribution in [3.63, 3.8) is 0 Å². The molecular weight excluding hydrogens is 466 g/mol. The number of hydrogen-bond donors (Lipinski definition) is 0. The molecule has 38 heavy (non-hydrogen) atoms. The Kier molecular flexibility index (Phi) is 4.80. The lowest BCUT2D eigenvalue weighted by atomic mass is 9.73. The number of hydrogen-bond acceptors (Lipinski definition) is 3. The molecule has 0 fully saturated rings. The fourth-order valence-corrected chi connectivity index (χ4v) is 5.97. The first-order valence-corrected chi connectivity index (χ1v) is 12.9. The van der Waals surface area contributed by atoms with Crippen molar-refractivity contribution in [1.82, 2.24) is 0 Å². The van der Waals surface area contributed by atoms with Crippen LogP contribution in [-0.2, 0) is 5.41 Å². The molecule has 0 unspecified atom stereocenters. The molecule has 0 saturated carbocycles. The summed E-state index contributed by atoms with van der Waals surface area (Å²) in [6.07, 6.45) is 1.72. The van der Waals surface area contributed by atoms with E-state index in [4.69, 9.17) is 0 Å². The predicted molar refractivity (Wildman–Crippen MR) is 154 cm³/mol. The Bertz CT molecular complexity index is 1720. The quantitative estimate of drug-likeness (QED) is 0.184. The van der Waals surface area contributed by atoms with Crippen LogP contribution in [0.15, 0.2) is 115 Å². The van der Waals surface area contributed by atoms with Crippen molar-refractivity contribution in [2.24, 2.45) is 0 Å². The highest BCUT2D eigenvalue weighted by molar-refractivity contribution is 6.42. The number of nitrogens with zero attached hydrogens (tertiary/aromatic N) is 1. The molecule has 3 heteroatoms. The molecule has 0 N–H and O–H groups in total. The van der Waals surface area contributed by atoms with Gasteiger partial charge in [-0.2, -0.15) is 0 Å². The number of Topliss-reactive ketones (excluding diaryl/α,β-unsaturated/α-hetero) is 2. The molecule has 0 radical (unpaired) electrons. The lowest BCUT2D eigenvalue weighted by Crippen LogP contribution is -2.30. The number of allylic oxidation sites excluding steroid dienone is 1. The van der Waals surface area contributed by atoms with E-state index in [1.807, 2.05) is 48.5 Å². The summed E-state index contributed by atoms with van der Waals surface area (Å²) in [7, 11) is 0. The van der Waals surface area contributed by atoms with Crippen LogP contribution in [0.25, 0.3) is 16.8 Å². The van der Waals surface area contributed by atoms with E-state index in [0.717, 1.165) is 33.4 Å². The Morgan fingerprint density at radius 3 is 1.61 bits per heavy atom. The van der Waals surface area contributed by atoms with Crippen LogP contribution in [-0.4, -0.2) is 11.6 Å². The van der Waals surface area contributed by atoms with Gasteiger partial charge in [0.2, 0.25) is 0 Å². The van der Waals surface area contributed by atoms with Gasteiger partial charge >= 0.3 is 0 Å². The number of fused-ring (bicyclic) bond motifs is 4. The molecule has 3 nitrogen and oxygen atoms in total. The van der Waals surface area contributed by atoms with Gasteiger partial charge in [0.1, 0.15) is 0 Å². The summed E-state index contributed by atoms with van der Waals surface area (Å²) in [5.74, 6) is -0.415. The molecule has 7 rings (SSSR count). The minimum atomic E-state index is -0.207. The smallest absolute Gasteiger partial charge is 0.197 e. The molecule has 182 valence electrons. The molecule has 2 aliphatic rings. The molecule has 0 aromatic heterocycles. The van der Waals surface area contributed by atoms with Crippen molar-refractivity contribution in [3.05, 3.63) is 143 Å². The van der Waals surface area contributed by atoms with Crippen LogP contribution >= 0.6 is 0 Å². The number of ketones is 2. The molecule has 5 aromatic carbocycles. The third-order valence-electron chi connectivity index (χ3n) is 7.96. The van der Waals surface area contributed by atoms with E-state index in [2.05, 4.69) is 79.4 Å². The zero-order chi connectivity index (χ0) is 26.0. The predicted octanol–water partition coefficient (Wildman–Crippen LogP) is 8.41. The molecule has 0 atom stereocenters. The van der Waals surface area contributed by atoms with Crippen LogP contribution in [0.3, 0.4) is 0 Å². The summed E-state index contributed by atoms with van der Waals surface area (Å²) in [4.78, 5) is 28.7. The topological polar surface area (TPSA) is 37.4 Å². The maximum atomic E-state index is 13.2. The summed E-state index contributed by atoms with van der Waals surface area (Å²) < 4.78 is 0. The van der Waals surface area contributed by atoms with Gasteiger partial charge in [-0.3, -0.25) is 9.59 Å². The highest BCUT2D eigenvalue weighted by Gasteiger charge is 2.36. The van der Waals surface area contributed by atoms with Crippen molar-refractivity contribution in [1.29, 1.82) is 0 Å². The SMILES string of the molecule is CC1(C)c2ccccc2N(c2ccc(C=C3C(=O)c4cc5ccccc5cc4C3=O)cc2)c2ccccc21. The van der Waals surface area contributed by atoms with Gasteiger partial charge < -0.3 is 4.90 Å². The van der Waals surface area contributed by atoms with Gasteiger partial charge in [-0.1, -0.05) is 86.6 Å². The second kappa shape index (κ2) is 8.12. The standard InChI is InChI=1S/C35H25NO2/c1-35(2)29-11-5-7-13-31(29)36(32-14-8-6-12-30(32)35)25-17-15-22(16-18-25)19-28-33(37)26-20-23-9-3-4-10-24(23)21-27(26)34(28)38/h3-21H,1-2H3. The molecule has 5 aromatic rings. The maximum Gasteiger partial charge on any atom is 0.197 e. The fraction of sp³-hybridized carbons (Fsp3) is 0.0857. The Balaban J connectivity index is 1.28. The van der Waals surface area contributed by atoms with Crippen molar-refractivity contribution < 1.29 is 9.59 Å². The molecular formula is C35H25NO2. The van der Waals surface area contributed by atoms with Gasteiger partial charge in [-0.15, -0.1) is 0 Å². The van der Waals surface area contributed by atoms with E-state index >= 15 is 0 Å². The number of carbonyl (C=O) groups excluding carboxylic acids is 2. The summed E-state index contributed by atoms with van der Waals surface area (Å²) >= 11 is 0. The van der Waals surface area contributed by atoms with Crippen LogP contribution < -0.4 is 4.90 Å². The first-order valence-electron chi connectivity index (χ1n) is 12.9. The maximum absolute atomic E-state index is 13.2. The highest BCUT2D eigenvalue weighted by Crippen LogP contribution is 2.51. The molecule has 1 aliphatic carbocycles. The van der Waals surface area contributed by atoms with Gasteiger partial charge in [-0.25, -0.2) is 0 Å². The minimum absolute atomic E-state index is 0.114. The van der Waals surface area contributed by atoms with Crippen molar-refractivity contribution in [3.8, 4) is 0 Å². The number of rotatable bonds is 2. The van der Waals surface area contributed by atoms with E-state index in [1.165, 1.54) is 11.1 Å². The number of anilines is 3. The number of para-hydroxylation sites is 2. The van der Waals surface area contributed by atoms with E-state index in [-0.39, 0.29) is 22.6 Å². The zero-order valence-electron chi connectivity index (χ0n) is 21.2. The Labute approximate surface area is 221 Å². The van der Waals surface area contributed by atoms with Gasteiger partial charge in [-0.05, 0) is 69.9 Å². The normalized spacial score (nSPS) is 15.3. The van der Waals surface area contributed by atoms with Crippen LogP contribution in [0.1, 0.15) is 51.3 Å². The summed E-state index contributed by atoms with van der Waals surface area (Å²) in [5, 5.41) is 1.92. The second-order valence-electron chi connectivity index (χ2n) is 10.5. The first kappa shape index (κ1) is 22.4. The molecule has 0 saturated heterocycles. The second-order valence-corrected chi connectivity index (χ2v) is 10.5. The van der Waals surface area contributed by atoms with Crippen LogP contribution in [0.2, 0.25) is 0 Å². The Hall–Kier alpha value is -4.76. The summed E-state index contributed by atoms with van der Waals surface area (Å²) in [6, 6.07) is 36.6. The first-order chi connectivity index (χ1) is 18.4. The van der Waals surface area contributed by atoms with Gasteiger partial charge in [0.15, 0.2) is 11.6 Å². The average Bonchev–Trinajstić information content (AvgIpc) is 3.17. The molecule has 1 heterocycles. The highest BCUT2D eigenvalue weighted by atomic mass is 16.2. The Morgan fingerprint density at radius 2 is 1.08 bits per heavy atom. The lowest BCUT2D eigenvalue weighted by molar-refractivity contribution is 0.0990. The van der Waals surface area contributed by atoms with Gasteiger partial charge in [0.25, 0.3) is 0 Å². The summed E-state index contributed by atoms with van der Waals surface area (Å²) in [5.41, 5.74) is 7.80. The van der Waals surface area contributed by atoms with Crippen molar-refractivity contribution in [2.75, 3.05) is 4.90 Å². The van der Waals surface area contributed by atoms with E-state index < -0.39 is 0 Å².